The standard InChI is InChI=1S/C27H29F3N2O4S/c1-5-19-9-7-10-20(6-2)26(19)31-25(33)17-32(22-12-8-11-21(16-22)27(28,29)30)37(34,35)24-15-18(3)13-14-23(24)36-4/h7-16H,5-6,17H2,1-4H3,(H,31,33). The van der Waals surface area contributed by atoms with Crippen LogP contribution in [0.4, 0.5) is 24.5 Å². The van der Waals surface area contributed by atoms with Crippen molar-refractivity contribution in [3.05, 3.63) is 82.9 Å². The molecule has 6 nitrogen and oxygen atoms in total. The van der Waals surface area contributed by atoms with Gasteiger partial charge >= 0.3 is 6.18 Å². The average molecular weight is 535 g/mol. The average Bonchev–Trinajstić information content (AvgIpc) is 2.86. The van der Waals surface area contributed by atoms with Crippen LogP contribution in [0.1, 0.15) is 36.1 Å². The molecule has 0 spiro atoms. The highest BCUT2D eigenvalue weighted by Gasteiger charge is 2.34. The highest BCUT2D eigenvalue weighted by Crippen LogP contribution is 2.35. The zero-order valence-electron chi connectivity index (χ0n) is 21.0. The summed E-state index contributed by atoms with van der Waals surface area (Å²) in [7, 11) is -3.23. The minimum Gasteiger partial charge on any atom is -0.495 e. The Morgan fingerprint density at radius 1 is 0.973 bits per heavy atom. The fourth-order valence-electron chi connectivity index (χ4n) is 3.97. The van der Waals surface area contributed by atoms with Crippen LogP contribution in [0.3, 0.4) is 0 Å². The first-order chi connectivity index (χ1) is 17.4. The molecule has 1 amide bonds. The van der Waals surface area contributed by atoms with Crippen LogP contribution in [0.5, 0.6) is 5.75 Å². The Kier molecular flexibility index (Phi) is 8.53. The number of para-hydroxylation sites is 1. The second-order valence-electron chi connectivity index (χ2n) is 8.42. The lowest BCUT2D eigenvalue weighted by atomic mass is 10.0. The maximum absolute atomic E-state index is 13.8. The number of carbonyl (C=O) groups is 1. The second kappa shape index (κ2) is 11.2. The predicted octanol–water partition coefficient (Wildman–Crippen LogP) is 5.98. The summed E-state index contributed by atoms with van der Waals surface area (Å²) >= 11 is 0. The molecule has 198 valence electrons. The molecule has 0 aliphatic carbocycles. The van der Waals surface area contributed by atoms with Gasteiger partial charge < -0.3 is 10.1 Å². The van der Waals surface area contributed by atoms with Crippen LogP contribution in [-0.4, -0.2) is 28.0 Å². The number of anilines is 2. The first-order valence-corrected chi connectivity index (χ1v) is 13.1. The molecule has 0 unspecified atom stereocenters. The summed E-state index contributed by atoms with van der Waals surface area (Å²) in [6.45, 7) is 4.78. The first-order valence-electron chi connectivity index (χ1n) is 11.7. The van der Waals surface area contributed by atoms with E-state index in [1.165, 1.54) is 25.3 Å². The Bertz CT molecular complexity index is 1370. The van der Waals surface area contributed by atoms with E-state index >= 15 is 0 Å². The van der Waals surface area contributed by atoms with Gasteiger partial charge in [-0.05, 0) is 66.8 Å². The van der Waals surface area contributed by atoms with Gasteiger partial charge in [-0.1, -0.05) is 44.2 Å². The summed E-state index contributed by atoms with van der Waals surface area (Å²) in [5, 5.41) is 2.79. The number of nitrogens with one attached hydrogen (secondary N) is 1. The molecular weight excluding hydrogens is 505 g/mol. The van der Waals surface area contributed by atoms with Crippen LogP contribution < -0.4 is 14.4 Å². The van der Waals surface area contributed by atoms with E-state index in [0.29, 0.717) is 34.5 Å². The number of rotatable bonds is 9. The third-order valence-corrected chi connectivity index (χ3v) is 7.69. The second-order valence-corrected chi connectivity index (χ2v) is 10.3. The number of benzene rings is 3. The molecule has 0 aliphatic heterocycles. The topological polar surface area (TPSA) is 75.7 Å². The van der Waals surface area contributed by atoms with Crippen LogP contribution in [0, 0.1) is 6.92 Å². The van der Waals surface area contributed by atoms with Gasteiger partial charge in [0.05, 0.1) is 18.4 Å². The number of nitrogens with zero attached hydrogens (tertiary/aromatic N) is 1. The molecule has 0 aromatic heterocycles. The van der Waals surface area contributed by atoms with Gasteiger partial charge in [0, 0.05) is 5.69 Å². The van der Waals surface area contributed by atoms with Gasteiger partial charge in [0.15, 0.2) is 0 Å². The van der Waals surface area contributed by atoms with Gasteiger partial charge in [0.25, 0.3) is 10.0 Å². The van der Waals surface area contributed by atoms with E-state index in [1.54, 1.807) is 13.0 Å². The zero-order valence-corrected chi connectivity index (χ0v) is 21.8. The number of hydrogen-bond donors (Lipinski definition) is 1. The van der Waals surface area contributed by atoms with Crippen molar-refractivity contribution < 1.29 is 31.1 Å². The highest BCUT2D eigenvalue weighted by atomic mass is 32.2. The fourth-order valence-corrected chi connectivity index (χ4v) is 5.63. The minimum absolute atomic E-state index is 0.00702. The molecule has 1 N–H and O–H groups in total. The lowest BCUT2D eigenvalue weighted by molar-refractivity contribution is -0.137. The van der Waals surface area contributed by atoms with Crippen molar-refractivity contribution in [2.24, 2.45) is 0 Å². The Morgan fingerprint density at radius 2 is 1.59 bits per heavy atom. The normalized spacial score (nSPS) is 11.8. The van der Waals surface area contributed by atoms with Gasteiger partial charge in [0.1, 0.15) is 17.2 Å². The maximum Gasteiger partial charge on any atom is 0.416 e. The quantitative estimate of drug-likeness (QED) is 0.366. The lowest BCUT2D eigenvalue weighted by Crippen LogP contribution is -2.38. The number of hydrogen-bond acceptors (Lipinski definition) is 4. The zero-order chi connectivity index (χ0) is 27.4. The van der Waals surface area contributed by atoms with Gasteiger partial charge in [-0.25, -0.2) is 8.42 Å². The largest absolute Gasteiger partial charge is 0.495 e. The molecule has 0 saturated heterocycles. The Morgan fingerprint density at radius 3 is 2.16 bits per heavy atom. The molecular formula is C27H29F3N2O4S. The molecule has 3 aromatic rings. The summed E-state index contributed by atoms with van der Waals surface area (Å²) in [6.07, 6.45) is -3.45. The molecule has 0 atom stereocenters. The number of methoxy groups -OCH3 is 1. The van der Waals surface area contributed by atoms with Crippen molar-refractivity contribution in [2.75, 3.05) is 23.3 Å². The smallest absolute Gasteiger partial charge is 0.416 e. The van der Waals surface area contributed by atoms with Crippen molar-refractivity contribution in [3.8, 4) is 5.75 Å². The van der Waals surface area contributed by atoms with Gasteiger partial charge in [-0.3, -0.25) is 9.10 Å². The molecule has 0 radical (unpaired) electrons. The van der Waals surface area contributed by atoms with Crippen LogP contribution in [0.25, 0.3) is 0 Å². The maximum atomic E-state index is 13.8. The SMILES string of the molecule is CCc1cccc(CC)c1NC(=O)CN(c1cccc(C(F)(F)F)c1)S(=O)(=O)c1cc(C)ccc1OC. The van der Waals surface area contributed by atoms with E-state index in [-0.39, 0.29) is 16.3 Å². The Balaban J connectivity index is 2.12. The van der Waals surface area contributed by atoms with Crippen LogP contribution in [-0.2, 0) is 33.8 Å². The van der Waals surface area contributed by atoms with E-state index in [9.17, 15) is 26.4 Å². The number of carbonyl (C=O) groups excluding carboxylic acids is 1. The molecule has 0 saturated carbocycles. The van der Waals surface area contributed by atoms with Crippen LogP contribution in [0.2, 0.25) is 0 Å². The number of aryl methyl sites for hydroxylation is 3. The fraction of sp³-hybridized carbons (Fsp3) is 0.296. The van der Waals surface area contributed by atoms with E-state index in [2.05, 4.69) is 5.32 Å². The third kappa shape index (κ3) is 6.25. The molecule has 37 heavy (non-hydrogen) atoms. The molecule has 0 aliphatic rings. The molecule has 0 fully saturated rings. The van der Waals surface area contributed by atoms with Crippen molar-refractivity contribution in [3.63, 3.8) is 0 Å². The van der Waals surface area contributed by atoms with Gasteiger partial charge in [-0.2, -0.15) is 13.2 Å². The molecule has 0 heterocycles. The number of sulfonamides is 1. The molecule has 10 heteroatoms. The number of ether oxygens (including phenoxy) is 1. The van der Waals surface area contributed by atoms with E-state index in [4.69, 9.17) is 4.74 Å². The number of halogens is 3. The molecule has 3 rings (SSSR count). The predicted molar refractivity (Wildman–Crippen MR) is 138 cm³/mol. The molecule has 3 aromatic carbocycles. The first kappa shape index (κ1) is 28.0. The van der Waals surface area contributed by atoms with Gasteiger partial charge in [0.2, 0.25) is 5.91 Å². The Labute approximate surface area is 215 Å². The summed E-state index contributed by atoms with van der Waals surface area (Å²) in [5.41, 5.74) is 1.56. The number of alkyl halides is 3. The van der Waals surface area contributed by atoms with Crippen molar-refractivity contribution in [1.82, 2.24) is 0 Å². The Hall–Kier alpha value is -3.53. The summed E-state index contributed by atoms with van der Waals surface area (Å²) in [6, 6.07) is 13.9. The summed E-state index contributed by atoms with van der Waals surface area (Å²) < 4.78 is 74.0. The van der Waals surface area contributed by atoms with Crippen LogP contribution in [0.15, 0.2) is 65.6 Å². The van der Waals surface area contributed by atoms with Gasteiger partial charge in [-0.15, -0.1) is 0 Å². The number of amides is 1. The molecule has 0 bridgehead atoms. The lowest BCUT2D eigenvalue weighted by Gasteiger charge is -2.26. The van der Waals surface area contributed by atoms with Crippen LogP contribution >= 0.6 is 0 Å². The monoisotopic (exact) mass is 534 g/mol. The van der Waals surface area contributed by atoms with Crippen molar-refractivity contribution in [1.29, 1.82) is 0 Å². The highest BCUT2D eigenvalue weighted by molar-refractivity contribution is 7.93. The van der Waals surface area contributed by atoms with E-state index < -0.39 is 34.2 Å². The van der Waals surface area contributed by atoms with Crippen molar-refractivity contribution >= 4 is 27.3 Å². The summed E-state index contributed by atoms with van der Waals surface area (Å²) in [5.74, 6) is -0.684. The minimum atomic E-state index is -4.70. The van der Waals surface area contributed by atoms with E-state index in [0.717, 1.165) is 23.3 Å². The summed E-state index contributed by atoms with van der Waals surface area (Å²) in [4.78, 5) is 13.0. The van der Waals surface area contributed by atoms with E-state index in [1.807, 2.05) is 32.0 Å². The third-order valence-electron chi connectivity index (χ3n) is 5.90. The van der Waals surface area contributed by atoms with Crippen molar-refractivity contribution in [2.45, 2.75) is 44.7 Å².